The van der Waals surface area contributed by atoms with Crippen LogP contribution in [-0.2, 0) is 0 Å². The fourth-order valence-electron chi connectivity index (χ4n) is 1.46. The zero-order chi connectivity index (χ0) is 11.5. The first-order valence-electron chi connectivity index (χ1n) is 4.86. The number of carbonyl (C=O) groups is 1. The average molecular weight is 237 g/mol. The number of aromatic amines is 1. The lowest BCUT2D eigenvalue weighted by Gasteiger charge is -1.98. The van der Waals surface area contributed by atoms with E-state index in [-0.39, 0.29) is 5.78 Å². The molecule has 2 aromatic rings. The molecule has 0 unspecified atom stereocenters. The lowest BCUT2D eigenvalue weighted by molar-refractivity contribution is 0.0989. The van der Waals surface area contributed by atoms with E-state index in [1.165, 1.54) is 0 Å². The lowest BCUT2D eigenvalue weighted by Crippen LogP contribution is -1.99. The molecule has 0 atom stereocenters. The molecule has 1 heterocycles. The van der Waals surface area contributed by atoms with E-state index in [9.17, 15) is 9.59 Å². The van der Waals surface area contributed by atoms with Crippen LogP contribution in [0.3, 0.4) is 0 Å². The summed E-state index contributed by atoms with van der Waals surface area (Å²) in [5.74, 6) is 0.373. The van der Waals surface area contributed by atoms with E-state index < -0.39 is 5.76 Å². The van der Waals surface area contributed by atoms with Gasteiger partial charge >= 0.3 is 5.76 Å². The fourth-order valence-corrected chi connectivity index (χ4v) is 1.85. The number of aromatic nitrogens is 1. The molecule has 0 spiro atoms. The van der Waals surface area contributed by atoms with Gasteiger partial charge in [-0.2, -0.15) is 11.8 Å². The zero-order valence-corrected chi connectivity index (χ0v) is 9.60. The Morgan fingerprint density at radius 1 is 1.50 bits per heavy atom. The molecule has 5 heteroatoms. The Labute approximate surface area is 96.0 Å². The summed E-state index contributed by atoms with van der Waals surface area (Å²) in [7, 11) is 0. The van der Waals surface area contributed by atoms with Crippen molar-refractivity contribution in [3.63, 3.8) is 0 Å². The van der Waals surface area contributed by atoms with Gasteiger partial charge in [0.1, 0.15) is 0 Å². The molecule has 16 heavy (non-hydrogen) atoms. The molecule has 1 N–H and O–H groups in total. The van der Waals surface area contributed by atoms with Crippen LogP contribution in [0.1, 0.15) is 16.8 Å². The molecule has 0 aliphatic rings. The van der Waals surface area contributed by atoms with Crippen molar-refractivity contribution >= 4 is 28.6 Å². The van der Waals surface area contributed by atoms with Crippen molar-refractivity contribution < 1.29 is 9.21 Å². The molecule has 0 radical (unpaired) electrons. The summed E-state index contributed by atoms with van der Waals surface area (Å²) >= 11 is 1.63. The van der Waals surface area contributed by atoms with Gasteiger partial charge in [-0.25, -0.2) is 4.79 Å². The average Bonchev–Trinajstić information content (AvgIpc) is 2.64. The number of nitrogens with one attached hydrogen (secondary N) is 1. The van der Waals surface area contributed by atoms with Crippen molar-refractivity contribution in [2.24, 2.45) is 0 Å². The van der Waals surface area contributed by atoms with Crippen LogP contribution in [0, 0.1) is 0 Å². The topological polar surface area (TPSA) is 63.1 Å². The van der Waals surface area contributed by atoms with Gasteiger partial charge in [0.2, 0.25) is 0 Å². The van der Waals surface area contributed by atoms with Gasteiger partial charge in [0.25, 0.3) is 0 Å². The van der Waals surface area contributed by atoms with Crippen LogP contribution in [0.5, 0.6) is 0 Å². The standard InChI is InChI=1S/C11H11NO3S/c1-16-5-4-9(13)7-2-3-8-10(6-7)15-11(14)12-8/h2-3,6H,4-5H2,1H3,(H,12,14). The Kier molecular flexibility index (Phi) is 3.14. The maximum Gasteiger partial charge on any atom is 0.417 e. The monoisotopic (exact) mass is 237 g/mol. The highest BCUT2D eigenvalue weighted by Crippen LogP contribution is 2.14. The van der Waals surface area contributed by atoms with Gasteiger partial charge < -0.3 is 4.42 Å². The quantitative estimate of drug-likeness (QED) is 0.827. The second kappa shape index (κ2) is 4.57. The molecule has 0 amide bonds. The lowest BCUT2D eigenvalue weighted by atomic mass is 10.1. The Morgan fingerprint density at radius 2 is 2.31 bits per heavy atom. The Bertz CT molecular complexity index is 570. The first kappa shape index (κ1) is 11.0. The molecule has 0 aliphatic carbocycles. The maximum absolute atomic E-state index is 11.7. The first-order chi connectivity index (χ1) is 7.70. The second-order valence-corrected chi connectivity index (χ2v) is 4.38. The molecular formula is C11H11NO3S. The Hall–Kier alpha value is -1.49. The van der Waals surface area contributed by atoms with E-state index in [2.05, 4.69) is 4.98 Å². The van der Waals surface area contributed by atoms with E-state index in [1.54, 1.807) is 30.0 Å². The SMILES string of the molecule is CSCCC(=O)c1ccc2[nH]c(=O)oc2c1. The minimum atomic E-state index is -0.497. The van der Waals surface area contributed by atoms with Gasteiger partial charge in [-0.05, 0) is 24.5 Å². The van der Waals surface area contributed by atoms with E-state index >= 15 is 0 Å². The van der Waals surface area contributed by atoms with Crippen molar-refractivity contribution in [3.05, 3.63) is 34.3 Å². The van der Waals surface area contributed by atoms with Gasteiger partial charge in [-0.15, -0.1) is 0 Å². The van der Waals surface area contributed by atoms with Crippen molar-refractivity contribution in [2.45, 2.75) is 6.42 Å². The molecule has 0 fully saturated rings. The molecule has 2 rings (SSSR count). The summed E-state index contributed by atoms with van der Waals surface area (Å²) in [5.41, 5.74) is 1.63. The van der Waals surface area contributed by atoms with Crippen LogP contribution < -0.4 is 5.76 Å². The van der Waals surface area contributed by atoms with E-state index in [0.29, 0.717) is 23.1 Å². The largest absolute Gasteiger partial charge is 0.417 e. The normalized spacial score (nSPS) is 10.8. The summed E-state index contributed by atoms with van der Waals surface area (Å²) < 4.78 is 4.89. The van der Waals surface area contributed by atoms with Crippen molar-refractivity contribution in [1.82, 2.24) is 4.98 Å². The van der Waals surface area contributed by atoms with Crippen LogP contribution in [0.15, 0.2) is 27.4 Å². The third kappa shape index (κ3) is 2.19. The summed E-state index contributed by atoms with van der Waals surface area (Å²) in [5, 5.41) is 0. The van der Waals surface area contributed by atoms with E-state index in [1.807, 2.05) is 6.26 Å². The summed E-state index contributed by atoms with van der Waals surface area (Å²) in [6, 6.07) is 5.00. The maximum atomic E-state index is 11.7. The number of oxazole rings is 1. The molecule has 1 aromatic heterocycles. The number of fused-ring (bicyclic) bond motifs is 1. The van der Waals surface area contributed by atoms with Crippen LogP contribution in [0.4, 0.5) is 0 Å². The predicted molar refractivity (Wildman–Crippen MR) is 64.2 cm³/mol. The van der Waals surface area contributed by atoms with E-state index in [0.717, 1.165) is 5.75 Å². The number of carbonyl (C=O) groups excluding carboxylic acids is 1. The fraction of sp³-hybridized carbons (Fsp3) is 0.273. The number of H-pyrrole nitrogens is 1. The second-order valence-electron chi connectivity index (χ2n) is 3.39. The Balaban J connectivity index is 2.31. The summed E-state index contributed by atoms with van der Waals surface area (Å²) in [6.45, 7) is 0. The minimum absolute atomic E-state index is 0.0695. The third-order valence-electron chi connectivity index (χ3n) is 2.28. The van der Waals surface area contributed by atoms with Gasteiger partial charge in [0.15, 0.2) is 11.4 Å². The smallest absolute Gasteiger partial charge is 0.408 e. The van der Waals surface area contributed by atoms with E-state index in [4.69, 9.17) is 4.42 Å². The molecule has 0 saturated heterocycles. The molecule has 0 aliphatic heterocycles. The first-order valence-corrected chi connectivity index (χ1v) is 6.25. The number of hydrogen-bond donors (Lipinski definition) is 1. The van der Waals surface area contributed by atoms with Crippen molar-refractivity contribution in [2.75, 3.05) is 12.0 Å². The van der Waals surface area contributed by atoms with Gasteiger partial charge in [-0.3, -0.25) is 9.78 Å². The number of Topliss-reactive ketones (excluding diaryl/α,β-unsaturated/α-hetero) is 1. The number of thioether (sulfide) groups is 1. The molecule has 1 aromatic carbocycles. The van der Waals surface area contributed by atoms with Crippen LogP contribution in [-0.4, -0.2) is 22.8 Å². The number of hydrogen-bond acceptors (Lipinski definition) is 4. The summed E-state index contributed by atoms with van der Waals surface area (Å²) in [4.78, 5) is 25.2. The van der Waals surface area contributed by atoms with Gasteiger partial charge in [0, 0.05) is 17.7 Å². The molecule has 84 valence electrons. The van der Waals surface area contributed by atoms with Gasteiger partial charge in [-0.1, -0.05) is 0 Å². The zero-order valence-electron chi connectivity index (χ0n) is 8.78. The highest BCUT2D eigenvalue weighted by atomic mass is 32.2. The summed E-state index contributed by atoms with van der Waals surface area (Å²) in [6.07, 6.45) is 2.46. The van der Waals surface area contributed by atoms with Crippen LogP contribution in [0.2, 0.25) is 0 Å². The number of benzene rings is 1. The molecule has 0 saturated carbocycles. The van der Waals surface area contributed by atoms with Crippen molar-refractivity contribution in [1.29, 1.82) is 0 Å². The van der Waals surface area contributed by atoms with Crippen LogP contribution >= 0.6 is 11.8 Å². The van der Waals surface area contributed by atoms with Gasteiger partial charge in [0.05, 0.1) is 5.52 Å². The van der Waals surface area contributed by atoms with Crippen LogP contribution in [0.25, 0.3) is 11.1 Å². The minimum Gasteiger partial charge on any atom is -0.408 e. The third-order valence-corrected chi connectivity index (χ3v) is 2.89. The Morgan fingerprint density at radius 3 is 3.06 bits per heavy atom. The highest BCUT2D eigenvalue weighted by Gasteiger charge is 2.08. The predicted octanol–water partition coefficient (Wildman–Crippen LogP) is 2.06. The number of rotatable bonds is 4. The molecular weight excluding hydrogens is 226 g/mol. The van der Waals surface area contributed by atoms with Crippen molar-refractivity contribution in [3.8, 4) is 0 Å². The number of ketones is 1. The molecule has 0 bridgehead atoms. The highest BCUT2D eigenvalue weighted by molar-refractivity contribution is 7.98. The molecule has 4 nitrogen and oxygen atoms in total.